The zero-order valence-corrected chi connectivity index (χ0v) is 14.3. The van der Waals surface area contributed by atoms with Gasteiger partial charge in [-0.3, -0.25) is 4.79 Å². The molecule has 0 atom stereocenters. The summed E-state index contributed by atoms with van der Waals surface area (Å²) < 4.78 is 0. The van der Waals surface area contributed by atoms with Crippen LogP contribution in [0.15, 0.2) is 24.3 Å². The number of rotatable bonds is 7. The van der Waals surface area contributed by atoms with Crippen LogP contribution < -0.4 is 5.32 Å². The van der Waals surface area contributed by atoms with E-state index in [9.17, 15) is 4.79 Å². The first-order valence-electron chi connectivity index (χ1n) is 7.88. The second-order valence-corrected chi connectivity index (χ2v) is 6.85. The molecule has 0 saturated carbocycles. The maximum atomic E-state index is 12.3. The fraction of sp³-hybridized carbons (Fsp3) is 0.611. The van der Waals surface area contributed by atoms with Crippen LogP contribution in [0.1, 0.15) is 50.9 Å². The van der Waals surface area contributed by atoms with Crippen molar-refractivity contribution >= 4 is 11.6 Å². The highest BCUT2D eigenvalue weighted by Gasteiger charge is 2.17. The summed E-state index contributed by atoms with van der Waals surface area (Å²) in [5, 5.41) is 3.60. The average molecular weight is 290 g/mol. The standard InChI is InChI=1S/C18H30N2O/c1-13(2)11-15(12-14(3)4)19-17-10-8-7-9-16(17)18(21)20(5)6/h7-10,13-15,19H,11-12H2,1-6H3. The monoisotopic (exact) mass is 290 g/mol. The van der Waals surface area contributed by atoms with E-state index in [0.29, 0.717) is 17.9 Å². The van der Waals surface area contributed by atoms with Crippen molar-refractivity contribution in [2.24, 2.45) is 11.8 Å². The number of nitrogens with one attached hydrogen (secondary N) is 1. The molecule has 0 spiro atoms. The van der Waals surface area contributed by atoms with Crippen molar-refractivity contribution in [3.05, 3.63) is 29.8 Å². The number of nitrogens with zero attached hydrogens (tertiary/aromatic N) is 1. The minimum Gasteiger partial charge on any atom is -0.382 e. The van der Waals surface area contributed by atoms with Gasteiger partial charge in [0.05, 0.1) is 5.56 Å². The van der Waals surface area contributed by atoms with Crippen LogP contribution in [0.5, 0.6) is 0 Å². The first-order valence-corrected chi connectivity index (χ1v) is 7.88. The SMILES string of the molecule is CC(C)CC(CC(C)C)Nc1ccccc1C(=O)N(C)C. The highest BCUT2D eigenvalue weighted by atomic mass is 16.2. The molecule has 0 aliphatic heterocycles. The molecule has 0 unspecified atom stereocenters. The van der Waals surface area contributed by atoms with Crippen molar-refractivity contribution in [1.29, 1.82) is 0 Å². The average Bonchev–Trinajstić information content (AvgIpc) is 2.36. The maximum Gasteiger partial charge on any atom is 0.255 e. The zero-order valence-electron chi connectivity index (χ0n) is 14.3. The number of benzene rings is 1. The molecule has 1 N–H and O–H groups in total. The normalized spacial score (nSPS) is 11.3. The van der Waals surface area contributed by atoms with E-state index in [4.69, 9.17) is 0 Å². The Labute approximate surface area is 129 Å². The molecule has 21 heavy (non-hydrogen) atoms. The fourth-order valence-electron chi connectivity index (χ4n) is 2.61. The lowest BCUT2D eigenvalue weighted by atomic mass is 9.95. The predicted octanol–water partition coefficient (Wildman–Crippen LogP) is 4.26. The van der Waals surface area contributed by atoms with E-state index in [-0.39, 0.29) is 5.91 Å². The molecule has 0 radical (unpaired) electrons. The van der Waals surface area contributed by atoms with Crippen LogP contribution >= 0.6 is 0 Å². The molecular formula is C18H30N2O. The van der Waals surface area contributed by atoms with Gasteiger partial charge in [0.15, 0.2) is 0 Å². The fourth-order valence-corrected chi connectivity index (χ4v) is 2.61. The second-order valence-electron chi connectivity index (χ2n) is 6.85. The van der Waals surface area contributed by atoms with Crippen molar-refractivity contribution in [2.45, 2.75) is 46.6 Å². The Balaban J connectivity index is 2.95. The molecule has 0 heterocycles. The third-order valence-corrected chi connectivity index (χ3v) is 3.44. The summed E-state index contributed by atoms with van der Waals surface area (Å²) in [5.74, 6) is 1.32. The Kier molecular flexibility index (Phi) is 6.73. The number of carbonyl (C=O) groups excluding carboxylic acids is 1. The highest BCUT2D eigenvalue weighted by molar-refractivity contribution is 5.99. The third-order valence-electron chi connectivity index (χ3n) is 3.44. The Bertz CT molecular complexity index is 442. The van der Waals surface area contributed by atoms with Gasteiger partial charge < -0.3 is 10.2 Å². The molecule has 3 heteroatoms. The molecule has 1 amide bonds. The molecule has 1 aromatic rings. The van der Waals surface area contributed by atoms with E-state index in [1.807, 2.05) is 24.3 Å². The van der Waals surface area contributed by atoms with Gasteiger partial charge in [0, 0.05) is 25.8 Å². The van der Waals surface area contributed by atoms with Crippen molar-refractivity contribution in [1.82, 2.24) is 4.90 Å². The van der Waals surface area contributed by atoms with E-state index in [1.54, 1.807) is 19.0 Å². The summed E-state index contributed by atoms with van der Waals surface area (Å²) in [6.45, 7) is 8.97. The van der Waals surface area contributed by atoms with Crippen LogP contribution in [0.2, 0.25) is 0 Å². The number of para-hydroxylation sites is 1. The van der Waals surface area contributed by atoms with Crippen molar-refractivity contribution in [2.75, 3.05) is 19.4 Å². The smallest absolute Gasteiger partial charge is 0.255 e. The van der Waals surface area contributed by atoms with E-state index in [1.165, 1.54) is 0 Å². The number of carbonyl (C=O) groups is 1. The minimum atomic E-state index is 0.0472. The molecule has 3 nitrogen and oxygen atoms in total. The molecule has 118 valence electrons. The van der Waals surface area contributed by atoms with Crippen LogP contribution in [0.4, 0.5) is 5.69 Å². The number of hydrogen-bond donors (Lipinski definition) is 1. The zero-order chi connectivity index (χ0) is 16.0. The topological polar surface area (TPSA) is 32.3 Å². The van der Waals surface area contributed by atoms with E-state index < -0.39 is 0 Å². The quantitative estimate of drug-likeness (QED) is 0.813. The molecule has 0 saturated heterocycles. The minimum absolute atomic E-state index is 0.0472. The van der Waals surface area contributed by atoms with Crippen molar-refractivity contribution in [3.8, 4) is 0 Å². The lowest BCUT2D eigenvalue weighted by molar-refractivity contribution is 0.0828. The van der Waals surface area contributed by atoms with Crippen molar-refractivity contribution < 1.29 is 4.79 Å². The van der Waals surface area contributed by atoms with E-state index in [0.717, 1.165) is 24.1 Å². The van der Waals surface area contributed by atoms with E-state index >= 15 is 0 Å². The molecule has 0 aliphatic carbocycles. The largest absolute Gasteiger partial charge is 0.382 e. The van der Waals surface area contributed by atoms with Crippen LogP contribution in [0, 0.1) is 11.8 Å². The Hall–Kier alpha value is -1.51. The number of anilines is 1. The lowest BCUT2D eigenvalue weighted by Gasteiger charge is -2.25. The summed E-state index contributed by atoms with van der Waals surface area (Å²) >= 11 is 0. The molecule has 1 aromatic carbocycles. The molecule has 0 fully saturated rings. The van der Waals surface area contributed by atoms with Gasteiger partial charge in [0.2, 0.25) is 0 Å². The molecule has 1 rings (SSSR count). The molecule has 0 aromatic heterocycles. The molecular weight excluding hydrogens is 260 g/mol. The Morgan fingerprint density at radius 3 is 2.05 bits per heavy atom. The first-order chi connectivity index (χ1) is 9.81. The van der Waals surface area contributed by atoms with Crippen LogP contribution in [0.3, 0.4) is 0 Å². The van der Waals surface area contributed by atoms with Gasteiger partial charge in [-0.05, 0) is 36.8 Å². The Morgan fingerprint density at radius 1 is 1.05 bits per heavy atom. The van der Waals surface area contributed by atoms with Gasteiger partial charge in [0.25, 0.3) is 5.91 Å². The van der Waals surface area contributed by atoms with E-state index in [2.05, 4.69) is 33.0 Å². The first kappa shape index (κ1) is 17.5. The summed E-state index contributed by atoms with van der Waals surface area (Å²) in [4.78, 5) is 13.9. The highest BCUT2D eigenvalue weighted by Crippen LogP contribution is 2.22. The van der Waals surface area contributed by atoms with Crippen LogP contribution in [-0.2, 0) is 0 Å². The van der Waals surface area contributed by atoms with Crippen LogP contribution in [0.25, 0.3) is 0 Å². The Morgan fingerprint density at radius 2 is 1.57 bits per heavy atom. The summed E-state index contributed by atoms with van der Waals surface area (Å²) in [5.41, 5.74) is 1.70. The van der Waals surface area contributed by atoms with Crippen molar-refractivity contribution in [3.63, 3.8) is 0 Å². The molecule has 0 bridgehead atoms. The van der Waals surface area contributed by atoms with Gasteiger partial charge in [-0.1, -0.05) is 39.8 Å². The van der Waals surface area contributed by atoms with Gasteiger partial charge in [0.1, 0.15) is 0 Å². The summed E-state index contributed by atoms with van der Waals surface area (Å²) in [6.07, 6.45) is 2.23. The third kappa shape index (κ3) is 5.78. The maximum absolute atomic E-state index is 12.3. The van der Waals surface area contributed by atoms with Gasteiger partial charge in [-0.25, -0.2) is 0 Å². The van der Waals surface area contributed by atoms with Crippen LogP contribution in [-0.4, -0.2) is 30.9 Å². The second kappa shape index (κ2) is 8.06. The lowest BCUT2D eigenvalue weighted by Crippen LogP contribution is -2.27. The molecule has 0 aliphatic rings. The van der Waals surface area contributed by atoms with Gasteiger partial charge in [-0.2, -0.15) is 0 Å². The van der Waals surface area contributed by atoms with Gasteiger partial charge >= 0.3 is 0 Å². The number of hydrogen-bond acceptors (Lipinski definition) is 2. The summed E-state index contributed by atoms with van der Waals surface area (Å²) in [6, 6.07) is 8.20. The van der Waals surface area contributed by atoms with Gasteiger partial charge in [-0.15, -0.1) is 0 Å². The summed E-state index contributed by atoms with van der Waals surface area (Å²) in [7, 11) is 3.58. The predicted molar refractivity (Wildman–Crippen MR) is 90.8 cm³/mol. The number of amides is 1.